The Hall–Kier alpha value is -3.45. The van der Waals surface area contributed by atoms with Crippen LogP contribution >= 0.6 is 11.3 Å². The molecule has 1 amide bonds. The molecule has 0 saturated carbocycles. The van der Waals surface area contributed by atoms with Crippen LogP contribution in [0.4, 0.5) is 0 Å². The van der Waals surface area contributed by atoms with E-state index in [4.69, 9.17) is 4.74 Å². The van der Waals surface area contributed by atoms with Gasteiger partial charge in [0, 0.05) is 29.6 Å². The number of H-pyrrole nitrogens is 1. The van der Waals surface area contributed by atoms with E-state index in [0.717, 1.165) is 31.7 Å². The van der Waals surface area contributed by atoms with Crippen molar-refractivity contribution in [2.75, 3.05) is 7.11 Å². The topological polar surface area (TPSA) is 84.1 Å². The van der Waals surface area contributed by atoms with Crippen LogP contribution in [0.1, 0.15) is 10.6 Å². The van der Waals surface area contributed by atoms with Gasteiger partial charge >= 0.3 is 5.97 Å². The molecule has 0 aliphatic heterocycles. The zero-order chi connectivity index (χ0) is 20.2. The molecule has 0 unspecified atom stereocenters. The van der Waals surface area contributed by atoms with Crippen molar-refractivity contribution in [2.24, 2.45) is 0 Å². The van der Waals surface area contributed by atoms with Gasteiger partial charge in [-0.25, -0.2) is 9.78 Å². The third-order valence-electron chi connectivity index (χ3n) is 4.59. The Morgan fingerprint density at radius 2 is 2.00 bits per heavy atom. The van der Waals surface area contributed by atoms with Crippen molar-refractivity contribution in [1.29, 1.82) is 0 Å². The first-order valence-corrected chi connectivity index (χ1v) is 9.92. The van der Waals surface area contributed by atoms with Crippen molar-refractivity contribution in [3.05, 3.63) is 71.4 Å². The van der Waals surface area contributed by atoms with Crippen LogP contribution in [0.2, 0.25) is 0 Å². The van der Waals surface area contributed by atoms with E-state index < -0.39 is 12.0 Å². The van der Waals surface area contributed by atoms with E-state index in [1.807, 2.05) is 54.7 Å². The molecule has 29 heavy (non-hydrogen) atoms. The summed E-state index contributed by atoms with van der Waals surface area (Å²) in [6.07, 6.45) is 5.23. The van der Waals surface area contributed by atoms with Gasteiger partial charge in [0.15, 0.2) is 0 Å². The highest BCUT2D eigenvalue weighted by atomic mass is 32.1. The largest absolute Gasteiger partial charge is 0.467 e. The molecule has 4 rings (SSSR count). The van der Waals surface area contributed by atoms with Gasteiger partial charge in [-0.1, -0.05) is 30.3 Å². The lowest BCUT2D eigenvalue weighted by molar-refractivity contribution is -0.144. The molecular weight excluding hydrogens is 386 g/mol. The maximum Gasteiger partial charge on any atom is 0.328 e. The summed E-state index contributed by atoms with van der Waals surface area (Å²) in [5.74, 6) is -0.864. The number of amides is 1. The minimum Gasteiger partial charge on any atom is -0.467 e. The number of carbonyl (C=O) groups excluding carboxylic acids is 2. The minimum atomic E-state index is -0.785. The van der Waals surface area contributed by atoms with E-state index >= 15 is 0 Å². The molecule has 146 valence electrons. The normalized spacial score (nSPS) is 12.4. The second-order valence-electron chi connectivity index (χ2n) is 6.50. The summed E-state index contributed by atoms with van der Waals surface area (Å²) in [5, 5.41) is 4.48. The molecule has 2 aromatic heterocycles. The van der Waals surface area contributed by atoms with Crippen LogP contribution in [0, 0.1) is 0 Å². The van der Waals surface area contributed by atoms with Crippen LogP contribution in [0.3, 0.4) is 0 Å². The van der Waals surface area contributed by atoms with Crippen molar-refractivity contribution in [2.45, 2.75) is 12.5 Å². The van der Waals surface area contributed by atoms with Crippen molar-refractivity contribution in [3.63, 3.8) is 0 Å². The van der Waals surface area contributed by atoms with E-state index in [2.05, 4.69) is 15.3 Å². The summed E-state index contributed by atoms with van der Waals surface area (Å²) in [7, 11) is 1.31. The highest BCUT2D eigenvalue weighted by Gasteiger charge is 2.22. The second-order valence-corrected chi connectivity index (χ2v) is 7.56. The van der Waals surface area contributed by atoms with E-state index in [-0.39, 0.29) is 5.91 Å². The molecule has 0 spiro atoms. The zero-order valence-electron chi connectivity index (χ0n) is 15.7. The van der Waals surface area contributed by atoms with E-state index in [0.29, 0.717) is 6.42 Å². The minimum absolute atomic E-state index is 0.331. The molecule has 2 aromatic carbocycles. The fourth-order valence-corrected chi connectivity index (χ4v) is 4.05. The van der Waals surface area contributed by atoms with Crippen molar-refractivity contribution >= 4 is 50.4 Å². The standard InChI is InChI=1S/C22H19N3O3S/c1-28-22(27)18(12-14-13-23-16-7-3-2-6-15(14)16)24-20(26)10-11-21-25-17-8-4-5-9-19(17)29-21/h2-11,13,18,23H,12H2,1H3,(H,24,26)/b11-10+/t18-/m1/s1. The van der Waals surface area contributed by atoms with Crippen LogP contribution in [0.15, 0.2) is 60.8 Å². The molecule has 6 nitrogen and oxygen atoms in total. The van der Waals surface area contributed by atoms with Gasteiger partial charge in [-0.2, -0.15) is 0 Å². The van der Waals surface area contributed by atoms with Crippen LogP contribution in [-0.4, -0.2) is 35.0 Å². The third kappa shape index (κ3) is 4.20. The lowest BCUT2D eigenvalue weighted by Gasteiger charge is -2.15. The Labute approximate surface area is 171 Å². The van der Waals surface area contributed by atoms with Gasteiger partial charge in [-0.05, 0) is 29.8 Å². The van der Waals surface area contributed by atoms with Crippen molar-refractivity contribution in [3.8, 4) is 0 Å². The van der Waals surface area contributed by atoms with Gasteiger partial charge in [0.2, 0.25) is 5.91 Å². The lowest BCUT2D eigenvalue weighted by atomic mass is 10.0. The van der Waals surface area contributed by atoms with Crippen LogP contribution in [-0.2, 0) is 20.7 Å². The first-order valence-electron chi connectivity index (χ1n) is 9.11. The number of nitrogens with one attached hydrogen (secondary N) is 2. The maximum atomic E-state index is 12.4. The number of benzene rings is 2. The summed E-state index contributed by atoms with van der Waals surface area (Å²) in [5.41, 5.74) is 2.81. The predicted octanol–water partition coefficient (Wildman–Crippen LogP) is 3.69. The molecule has 7 heteroatoms. The number of ether oxygens (including phenoxy) is 1. The second kappa shape index (κ2) is 8.28. The van der Waals surface area contributed by atoms with Gasteiger partial charge < -0.3 is 15.0 Å². The molecule has 0 bridgehead atoms. The highest BCUT2D eigenvalue weighted by molar-refractivity contribution is 7.19. The molecule has 2 heterocycles. The molecule has 4 aromatic rings. The smallest absolute Gasteiger partial charge is 0.328 e. The monoisotopic (exact) mass is 405 g/mol. The molecule has 0 fully saturated rings. The number of hydrogen-bond acceptors (Lipinski definition) is 5. The quantitative estimate of drug-likeness (QED) is 0.379. The number of rotatable bonds is 6. The Morgan fingerprint density at radius 1 is 1.21 bits per heavy atom. The highest BCUT2D eigenvalue weighted by Crippen LogP contribution is 2.22. The van der Waals surface area contributed by atoms with Gasteiger partial charge in [-0.15, -0.1) is 11.3 Å². The Morgan fingerprint density at radius 3 is 2.83 bits per heavy atom. The number of aromatic nitrogens is 2. The Balaban J connectivity index is 1.48. The number of para-hydroxylation sites is 2. The van der Waals surface area contributed by atoms with Gasteiger partial charge in [0.25, 0.3) is 0 Å². The zero-order valence-corrected chi connectivity index (χ0v) is 16.5. The fraction of sp³-hybridized carbons (Fsp3) is 0.136. The Bertz CT molecular complexity index is 1180. The van der Waals surface area contributed by atoms with Crippen LogP contribution in [0.25, 0.3) is 27.2 Å². The summed E-state index contributed by atoms with van der Waals surface area (Å²) in [6, 6.07) is 14.8. The molecule has 0 aliphatic carbocycles. The molecule has 1 atom stereocenters. The van der Waals surface area contributed by atoms with E-state index in [9.17, 15) is 9.59 Å². The number of fused-ring (bicyclic) bond motifs is 2. The SMILES string of the molecule is COC(=O)[C@@H](Cc1c[nH]c2ccccc12)NC(=O)/C=C/c1nc2ccccc2s1. The fourth-order valence-electron chi connectivity index (χ4n) is 3.18. The number of nitrogens with zero attached hydrogens (tertiary/aromatic N) is 1. The first-order chi connectivity index (χ1) is 14.1. The summed E-state index contributed by atoms with van der Waals surface area (Å²) in [4.78, 5) is 32.3. The van der Waals surface area contributed by atoms with Crippen LogP contribution < -0.4 is 5.32 Å². The maximum absolute atomic E-state index is 12.4. The van der Waals surface area contributed by atoms with Gasteiger partial charge in [0.05, 0.1) is 17.3 Å². The summed E-state index contributed by atoms with van der Waals surface area (Å²) in [6.45, 7) is 0. The first kappa shape index (κ1) is 18.9. The lowest BCUT2D eigenvalue weighted by Crippen LogP contribution is -2.42. The molecular formula is C22H19N3O3S. The number of aromatic amines is 1. The van der Waals surface area contributed by atoms with Crippen molar-refractivity contribution in [1.82, 2.24) is 15.3 Å². The Kier molecular flexibility index (Phi) is 5.39. The van der Waals surface area contributed by atoms with E-state index in [1.165, 1.54) is 24.5 Å². The molecule has 0 aliphatic rings. The molecule has 0 saturated heterocycles. The van der Waals surface area contributed by atoms with Gasteiger partial charge in [-0.3, -0.25) is 4.79 Å². The number of carbonyl (C=O) groups is 2. The number of thiazole rings is 1. The number of esters is 1. The van der Waals surface area contributed by atoms with E-state index in [1.54, 1.807) is 6.08 Å². The average molecular weight is 405 g/mol. The van der Waals surface area contributed by atoms with Crippen molar-refractivity contribution < 1.29 is 14.3 Å². The number of methoxy groups -OCH3 is 1. The summed E-state index contributed by atoms with van der Waals surface area (Å²) >= 11 is 1.50. The van der Waals surface area contributed by atoms with Gasteiger partial charge in [0.1, 0.15) is 11.0 Å². The predicted molar refractivity (Wildman–Crippen MR) is 115 cm³/mol. The molecule has 0 radical (unpaired) electrons. The molecule has 2 N–H and O–H groups in total. The average Bonchev–Trinajstić information content (AvgIpc) is 3.35. The van der Waals surface area contributed by atoms with Crippen LogP contribution in [0.5, 0.6) is 0 Å². The third-order valence-corrected chi connectivity index (χ3v) is 5.59. The summed E-state index contributed by atoms with van der Waals surface area (Å²) < 4.78 is 5.93. The number of hydrogen-bond donors (Lipinski definition) is 2.